The Hall–Kier alpha value is -3.88. The summed E-state index contributed by atoms with van der Waals surface area (Å²) in [7, 11) is 0. The molecule has 2 aliphatic rings. The third-order valence-corrected chi connectivity index (χ3v) is 5.54. The number of Topliss-reactive ketones (excluding diaryl/α,β-unsaturated/α-hetero) is 1. The van der Waals surface area contributed by atoms with Gasteiger partial charge in [-0.3, -0.25) is 38.6 Å². The van der Waals surface area contributed by atoms with Crippen molar-refractivity contribution in [2.75, 3.05) is 13.1 Å². The van der Waals surface area contributed by atoms with Crippen molar-refractivity contribution in [2.45, 2.75) is 33.2 Å². The molecule has 9 nitrogen and oxygen atoms in total. The Morgan fingerprint density at radius 2 is 1.12 bits per heavy atom. The number of carbonyl (C=O) groups excluding carboxylic acids is 6. The number of amides is 5. The number of hydrogen-bond donors (Lipinski definition) is 1. The molecule has 0 radical (unpaired) electrons. The summed E-state index contributed by atoms with van der Waals surface area (Å²) < 4.78 is 0. The van der Waals surface area contributed by atoms with E-state index in [9.17, 15) is 28.8 Å². The molecule has 0 bridgehead atoms. The van der Waals surface area contributed by atoms with Crippen LogP contribution >= 0.6 is 0 Å². The van der Waals surface area contributed by atoms with Gasteiger partial charge in [-0.1, -0.05) is 6.92 Å². The van der Waals surface area contributed by atoms with Gasteiger partial charge in [0.25, 0.3) is 23.6 Å². The molecule has 0 spiro atoms. The van der Waals surface area contributed by atoms with Gasteiger partial charge in [0.05, 0.1) is 6.54 Å². The van der Waals surface area contributed by atoms with Crippen molar-refractivity contribution in [3.63, 3.8) is 0 Å². The van der Waals surface area contributed by atoms with Crippen molar-refractivity contribution in [1.29, 1.82) is 0 Å². The van der Waals surface area contributed by atoms with E-state index < -0.39 is 36.1 Å². The van der Waals surface area contributed by atoms with Crippen molar-refractivity contribution >= 4 is 46.1 Å². The number of hydrogen-bond acceptors (Lipinski definition) is 6. The fourth-order valence-corrected chi connectivity index (χ4v) is 4.06. The van der Waals surface area contributed by atoms with Gasteiger partial charge in [-0.15, -0.1) is 0 Å². The van der Waals surface area contributed by atoms with E-state index >= 15 is 0 Å². The molecule has 0 saturated carbocycles. The van der Waals surface area contributed by atoms with Gasteiger partial charge in [0, 0.05) is 45.5 Å². The number of benzene rings is 2. The van der Waals surface area contributed by atoms with E-state index in [4.69, 9.17) is 0 Å². The highest BCUT2D eigenvalue weighted by molar-refractivity contribution is 6.33. The van der Waals surface area contributed by atoms with Crippen LogP contribution < -0.4 is 5.32 Å². The number of imide groups is 2. The van der Waals surface area contributed by atoms with E-state index in [1.54, 1.807) is 20.8 Å². The van der Waals surface area contributed by atoms with Crippen molar-refractivity contribution in [3.05, 3.63) is 46.5 Å². The molecule has 164 valence electrons. The van der Waals surface area contributed by atoms with E-state index in [-0.39, 0.29) is 57.8 Å². The molecular formula is C23H21N3O6. The molecule has 4 rings (SSSR count). The van der Waals surface area contributed by atoms with Crippen LogP contribution in [0, 0.1) is 0 Å². The zero-order valence-electron chi connectivity index (χ0n) is 17.9. The number of carbonyl (C=O) groups is 6. The Bertz CT molecular complexity index is 1180. The van der Waals surface area contributed by atoms with Gasteiger partial charge in [-0.05, 0) is 38.1 Å². The molecule has 0 unspecified atom stereocenters. The number of nitrogens with one attached hydrogen (secondary N) is 1. The fourth-order valence-electron chi connectivity index (χ4n) is 4.06. The second kappa shape index (κ2) is 7.67. The molecule has 2 heterocycles. The summed E-state index contributed by atoms with van der Waals surface area (Å²) in [5, 5.41) is 3.09. The first-order valence-electron chi connectivity index (χ1n) is 10.3. The predicted molar refractivity (Wildman–Crippen MR) is 113 cm³/mol. The van der Waals surface area contributed by atoms with Crippen LogP contribution in [0.15, 0.2) is 24.3 Å². The third-order valence-electron chi connectivity index (χ3n) is 5.54. The van der Waals surface area contributed by atoms with Gasteiger partial charge >= 0.3 is 0 Å². The smallest absolute Gasteiger partial charge is 0.261 e. The maximum Gasteiger partial charge on any atom is 0.261 e. The summed E-state index contributed by atoms with van der Waals surface area (Å²) >= 11 is 0. The minimum absolute atomic E-state index is 0.135. The summed E-state index contributed by atoms with van der Waals surface area (Å²) in [6.07, 6.45) is 0.181. The van der Waals surface area contributed by atoms with Crippen LogP contribution in [-0.2, 0) is 9.59 Å². The number of nitrogens with zero attached hydrogens (tertiary/aromatic N) is 2. The molecular weight excluding hydrogens is 414 g/mol. The lowest BCUT2D eigenvalue weighted by Gasteiger charge is -2.31. The first-order chi connectivity index (χ1) is 15.1. The Morgan fingerprint density at radius 3 is 1.47 bits per heavy atom. The van der Waals surface area contributed by atoms with E-state index in [1.807, 2.05) is 0 Å². The maximum absolute atomic E-state index is 13.1. The van der Waals surface area contributed by atoms with Crippen LogP contribution in [-0.4, -0.2) is 64.3 Å². The van der Waals surface area contributed by atoms with Crippen LogP contribution in [0.4, 0.5) is 0 Å². The Labute approximate surface area is 183 Å². The first-order valence-corrected chi connectivity index (χ1v) is 10.3. The summed E-state index contributed by atoms with van der Waals surface area (Å²) in [5.74, 6) is -3.38. The molecule has 0 atom stereocenters. The van der Waals surface area contributed by atoms with Crippen LogP contribution in [0.1, 0.15) is 68.6 Å². The van der Waals surface area contributed by atoms with Gasteiger partial charge in [-0.25, -0.2) is 0 Å². The quantitative estimate of drug-likeness (QED) is 0.687. The topological polar surface area (TPSA) is 121 Å². The molecule has 0 saturated heterocycles. The van der Waals surface area contributed by atoms with Gasteiger partial charge in [0.15, 0.2) is 5.78 Å². The minimum Gasteiger partial charge on any atom is -0.352 e. The monoisotopic (exact) mass is 435 g/mol. The summed E-state index contributed by atoms with van der Waals surface area (Å²) in [4.78, 5) is 78.0. The second-order valence-corrected chi connectivity index (χ2v) is 8.08. The summed E-state index contributed by atoms with van der Waals surface area (Å²) in [6, 6.07) is 5.52. The average molecular weight is 435 g/mol. The maximum atomic E-state index is 13.1. The van der Waals surface area contributed by atoms with E-state index in [2.05, 4.69) is 5.32 Å². The van der Waals surface area contributed by atoms with Crippen molar-refractivity contribution < 1.29 is 28.8 Å². The highest BCUT2D eigenvalue weighted by Gasteiger charge is 2.40. The Kier molecular flexibility index (Phi) is 5.12. The molecule has 1 N–H and O–H groups in total. The molecule has 2 aromatic rings. The highest BCUT2D eigenvalue weighted by atomic mass is 16.2. The first kappa shape index (κ1) is 21.4. The van der Waals surface area contributed by atoms with E-state index in [0.29, 0.717) is 0 Å². The Balaban J connectivity index is 1.82. The molecule has 2 aliphatic heterocycles. The molecule has 5 amide bonds. The third kappa shape index (κ3) is 3.17. The number of ketones is 1. The summed E-state index contributed by atoms with van der Waals surface area (Å²) in [6.45, 7) is 4.40. The van der Waals surface area contributed by atoms with Crippen molar-refractivity contribution in [1.82, 2.24) is 15.1 Å². The van der Waals surface area contributed by atoms with Gasteiger partial charge in [0.2, 0.25) is 5.91 Å². The van der Waals surface area contributed by atoms with Gasteiger partial charge < -0.3 is 5.32 Å². The Morgan fingerprint density at radius 1 is 0.750 bits per heavy atom. The largest absolute Gasteiger partial charge is 0.352 e. The van der Waals surface area contributed by atoms with Crippen molar-refractivity contribution in [2.24, 2.45) is 0 Å². The van der Waals surface area contributed by atoms with Gasteiger partial charge in [-0.2, -0.15) is 0 Å². The van der Waals surface area contributed by atoms with Gasteiger partial charge in [0.1, 0.15) is 6.54 Å². The zero-order valence-corrected chi connectivity index (χ0v) is 17.9. The molecule has 2 aromatic carbocycles. The predicted octanol–water partition coefficient (Wildman–Crippen LogP) is 1.54. The lowest BCUT2D eigenvalue weighted by atomic mass is 9.86. The average Bonchev–Trinajstić information content (AvgIpc) is 2.75. The molecule has 0 aromatic heterocycles. The molecule has 0 aliphatic carbocycles. The molecule has 9 heteroatoms. The zero-order chi connectivity index (χ0) is 23.3. The van der Waals surface area contributed by atoms with E-state index in [0.717, 1.165) is 9.80 Å². The van der Waals surface area contributed by atoms with Crippen LogP contribution in [0.25, 0.3) is 10.8 Å². The fraction of sp³-hybridized carbons (Fsp3) is 0.304. The van der Waals surface area contributed by atoms with Crippen LogP contribution in [0.3, 0.4) is 0 Å². The number of rotatable bonds is 6. The van der Waals surface area contributed by atoms with E-state index in [1.165, 1.54) is 24.3 Å². The SMILES string of the molecule is CCC(=O)CN1C(=O)c2ccc3c4c(ccc(c24)C1=O)C(=O)N(CC(=O)NC(C)C)C3=O. The lowest BCUT2D eigenvalue weighted by molar-refractivity contribution is -0.122. The molecule has 32 heavy (non-hydrogen) atoms. The summed E-state index contributed by atoms with van der Waals surface area (Å²) in [5.41, 5.74) is 0.568. The molecule has 0 fully saturated rings. The van der Waals surface area contributed by atoms with Crippen LogP contribution in [0.2, 0.25) is 0 Å². The minimum atomic E-state index is -0.673. The standard InChI is InChI=1S/C23H21N3O6/c1-4-12(27)9-25-20(29)13-5-7-15-19-16(8-6-14(18(13)19)21(25)30)23(32)26(22(15)31)10-17(28)24-11(2)3/h5-8,11H,4,9-10H2,1-3H3,(H,24,28). The lowest BCUT2D eigenvalue weighted by Crippen LogP contribution is -2.48. The second-order valence-electron chi connectivity index (χ2n) is 8.08. The normalized spacial score (nSPS) is 15.1. The van der Waals surface area contributed by atoms with Crippen molar-refractivity contribution in [3.8, 4) is 0 Å². The highest BCUT2D eigenvalue weighted by Crippen LogP contribution is 2.37. The van der Waals surface area contributed by atoms with Crippen LogP contribution in [0.5, 0.6) is 0 Å².